The second-order valence-electron chi connectivity index (χ2n) is 3.95. The average molecular weight is 391 g/mol. The fourth-order valence-corrected chi connectivity index (χ4v) is 2.62. The van der Waals surface area contributed by atoms with Crippen LogP contribution in [0.25, 0.3) is 0 Å². The standard InChI is InChI=1S/C13H11Br2ClN2/c14-9-2-1-8(11(16)6-9)5-12(17)13-4-3-10(15)7-18-13/h1-4,6-7,12H,5,17H2. The molecule has 0 aliphatic rings. The summed E-state index contributed by atoms with van der Waals surface area (Å²) in [6, 6.07) is 9.51. The minimum atomic E-state index is -0.156. The Balaban J connectivity index is 2.15. The third kappa shape index (κ3) is 3.54. The van der Waals surface area contributed by atoms with E-state index in [1.165, 1.54) is 0 Å². The highest BCUT2D eigenvalue weighted by Crippen LogP contribution is 2.25. The zero-order chi connectivity index (χ0) is 13.1. The minimum Gasteiger partial charge on any atom is -0.322 e. The van der Waals surface area contributed by atoms with Gasteiger partial charge in [-0.25, -0.2) is 0 Å². The zero-order valence-electron chi connectivity index (χ0n) is 9.41. The van der Waals surface area contributed by atoms with Gasteiger partial charge in [-0.2, -0.15) is 0 Å². The molecule has 0 spiro atoms. The summed E-state index contributed by atoms with van der Waals surface area (Å²) in [7, 11) is 0. The van der Waals surface area contributed by atoms with Gasteiger partial charge >= 0.3 is 0 Å². The number of rotatable bonds is 3. The van der Waals surface area contributed by atoms with Crippen molar-refractivity contribution in [2.45, 2.75) is 12.5 Å². The van der Waals surface area contributed by atoms with Crippen LogP contribution >= 0.6 is 43.5 Å². The van der Waals surface area contributed by atoms with E-state index in [9.17, 15) is 0 Å². The maximum Gasteiger partial charge on any atom is 0.0575 e. The van der Waals surface area contributed by atoms with Crippen LogP contribution in [0.3, 0.4) is 0 Å². The zero-order valence-corrected chi connectivity index (χ0v) is 13.3. The molecule has 1 aromatic heterocycles. The number of aromatic nitrogens is 1. The van der Waals surface area contributed by atoms with Crippen molar-refractivity contribution in [1.82, 2.24) is 4.98 Å². The Bertz CT molecular complexity index is 543. The molecule has 2 N–H and O–H groups in total. The highest BCUT2D eigenvalue weighted by atomic mass is 79.9. The molecular formula is C13H11Br2ClN2. The van der Waals surface area contributed by atoms with E-state index in [0.717, 1.165) is 25.2 Å². The number of pyridine rings is 1. The largest absolute Gasteiger partial charge is 0.322 e. The Hall–Kier alpha value is -0.420. The summed E-state index contributed by atoms with van der Waals surface area (Å²) in [6.45, 7) is 0. The predicted molar refractivity (Wildman–Crippen MR) is 81.7 cm³/mol. The molecular weight excluding hydrogens is 379 g/mol. The van der Waals surface area contributed by atoms with Crippen LogP contribution in [0.5, 0.6) is 0 Å². The van der Waals surface area contributed by atoms with Gasteiger partial charge in [-0.15, -0.1) is 0 Å². The van der Waals surface area contributed by atoms with E-state index in [4.69, 9.17) is 17.3 Å². The highest BCUT2D eigenvalue weighted by Gasteiger charge is 2.11. The maximum atomic E-state index is 6.17. The second-order valence-corrected chi connectivity index (χ2v) is 6.19. The van der Waals surface area contributed by atoms with Gasteiger partial charge in [0.2, 0.25) is 0 Å². The van der Waals surface area contributed by atoms with Crippen LogP contribution in [0.2, 0.25) is 5.02 Å². The molecule has 94 valence electrons. The topological polar surface area (TPSA) is 38.9 Å². The van der Waals surface area contributed by atoms with Gasteiger partial charge in [-0.1, -0.05) is 33.6 Å². The Kier molecular flexibility index (Phi) is 4.78. The predicted octanol–water partition coefficient (Wildman–Crippen LogP) is 4.50. The van der Waals surface area contributed by atoms with Crippen molar-refractivity contribution in [3.8, 4) is 0 Å². The van der Waals surface area contributed by atoms with Crippen LogP contribution in [0, 0.1) is 0 Å². The van der Waals surface area contributed by atoms with Crippen molar-refractivity contribution in [1.29, 1.82) is 0 Å². The molecule has 2 nitrogen and oxygen atoms in total. The Morgan fingerprint density at radius 1 is 1.17 bits per heavy atom. The van der Waals surface area contributed by atoms with E-state index < -0.39 is 0 Å². The molecule has 0 saturated carbocycles. The maximum absolute atomic E-state index is 6.17. The molecule has 2 rings (SSSR count). The molecule has 0 bridgehead atoms. The molecule has 1 heterocycles. The fraction of sp³-hybridized carbons (Fsp3) is 0.154. The number of nitrogens with two attached hydrogens (primary N) is 1. The molecule has 0 saturated heterocycles. The van der Waals surface area contributed by atoms with Crippen molar-refractivity contribution in [2.24, 2.45) is 5.73 Å². The van der Waals surface area contributed by atoms with Crippen molar-refractivity contribution in [3.05, 3.63) is 61.8 Å². The molecule has 5 heteroatoms. The van der Waals surface area contributed by atoms with Gasteiger partial charge in [0.15, 0.2) is 0 Å². The molecule has 0 radical (unpaired) electrons. The summed E-state index contributed by atoms with van der Waals surface area (Å²) in [6.07, 6.45) is 2.42. The molecule has 0 amide bonds. The highest BCUT2D eigenvalue weighted by molar-refractivity contribution is 9.10. The van der Waals surface area contributed by atoms with Gasteiger partial charge < -0.3 is 5.73 Å². The third-order valence-corrected chi connectivity index (χ3v) is 3.90. The normalized spacial score (nSPS) is 12.4. The Morgan fingerprint density at radius 3 is 2.50 bits per heavy atom. The lowest BCUT2D eigenvalue weighted by Gasteiger charge is -2.12. The first-order chi connectivity index (χ1) is 8.56. The summed E-state index contributed by atoms with van der Waals surface area (Å²) < 4.78 is 1.91. The number of benzene rings is 1. The first-order valence-electron chi connectivity index (χ1n) is 5.37. The number of nitrogens with zero attached hydrogens (tertiary/aromatic N) is 1. The van der Waals surface area contributed by atoms with Gasteiger partial charge in [-0.3, -0.25) is 4.98 Å². The van der Waals surface area contributed by atoms with E-state index in [1.807, 2.05) is 30.3 Å². The first-order valence-corrected chi connectivity index (χ1v) is 7.33. The summed E-state index contributed by atoms with van der Waals surface area (Å²) in [5, 5.41) is 0.719. The van der Waals surface area contributed by atoms with Gasteiger partial charge in [0.1, 0.15) is 0 Å². The van der Waals surface area contributed by atoms with Crippen LogP contribution in [0.15, 0.2) is 45.5 Å². The van der Waals surface area contributed by atoms with E-state index >= 15 is 0 Å². The lowest BCUT2D eigenvalue weighted by molar-refractivity contribution is 0.696. The van der Waals surface area contributed by atoms with Crippen LogP contribution in [-0.4, -0.2) is 4.98 Å². The van der Waals surface area contributed by atoms with Crippen LogP contribution < -0.4 is 5.73 Å². The van der Waals surface area contributed by atoms with E-state index in [2.05, 4.69) is 36.8 Å². The van der Waals surface area contributed by atoms with E-state index in [-0.39, 0.29) is 6.04 Å². The Morgan fingerprint density at radius 2 is 1.89 bits per heavy atom. The van der Waals surface area contributed by atoms with Gasteiger partial charge in [-0.05, 0) is 52.2 Å². The monoisotopic (exact) mass is 388 g/mol. The van der Waals surface area contributed by atoms with Crippen LogP contribution in [0.1, 0.15) is 17.3 Å². The molecule has 1 unspecified atom stereocenters. The first kappa shape index (κ1) is 14.0. The molecule has 1 atom stereocenters. The molecule has 18 heavy (non-hydrogen) atoms. The quantitative estimate of drug-likeness (QED) is 0.838. The molecule has 2 aromatic rings. The lowest BCUT2D eigenvalue weighted by Crippen LogP contribution is -2.15. The minimum absolute atomic E-state index is 0.156. The van der Waals surface area contributed by atoms with Crippen molar-refractivity contribution < 1.29 is 0 Å². The van der Waals surface area contributed by atoms with Crippen molar-refractivity contribution >= 4 is 43.5 Å². The number of hydrogen-bond donors (Lipinski definition) is 1. The second kappa shape index (κ2) is 6.15. The number of halogens is 3. The van der Waals surface area contributed by atoms with E-state index in [1.54, 1.807) is 6.20 Å². The third-order valence-electron chi connectivity index (χ3n) is 2.59. The van der Waals surface area contributed by atoms with Crippen molar-refractivity contribution in [2.75, 3.05) is 0 Å². The Labute approximate surface area is 128 Å². The fourth-order valence-electron chi connectivity index (χ4n) is 1.64. The number of hydrogen-bond acceptors (Lipinski definition) is 2. The van der Waals surface area contributed by atoms with Crippen molar-refractivity contribution in [3.63, 3.8) is 0 Å². The summed E-state index contributed by atoms with van der Waals surface area (Å²) in [5.74, 6) is 0. The molecule has 1 aromatic carbocycles. The van der Waals surface area contributed by atoms with Gasteiger partial charge in [0.25, 0.3) is 0 Å². The molecule has 0 aliphatic heterocycles. The lowest BCUT2D eigenvalue weighted by atomic mass is 10.0. The van der Waals surface area contributed by atoms with Gasteiger partial charge in [0, 0.05) is 20.2 Å². The van der Waals surface area contributed by atoms with Gasteiger partial charge in [0.05, 0.1) is 11.7 Å². The summed E-state index contributed by atoms with van der Waals surface area (Å²) in [5.41, 5.74) is 8.02. The van der Waals surface area contributed by atoms with Crippen LogP contribution in [0.4, 0.5) is 0 Å². The average Bonchev–Trinajstić information content (AvgIpc) is 2.33. The van der Waals surface area contributed by atoms with E-state index in [0.29, 0.717) is 6.42 Å². The summed E-state index contributed by atoms with van der Waals surface area (Å²) in [4.78, 5) is 4.30. The van der Waals surface area contributed by atoms with Crippen LogP contribution in [-0.2, 0) is 6.42 Å². The molecule has 0 aliphatic carbocycles. The molecule has 0 fully saturated rings. The summed E-state index contributed by atoms with van der Waals surface area (Å²) >= 11 is 12.9. The SMILES string of the molecule is NC(Cc1ccc(Br)cc1Cl)c1ccc(Br)cn1. The smallest absolute Gasteiger partial charge is 0.0575 e.